The van der Waals surface area contributed by atoms with Crippen LogP contribution in [0.25, 0.3) is 0 Å². The number of esters is 2. The van der Waals surface area contributed by atoms with E-state index in [1.807, 2.05) is 0 Å². The van der Waals surface area contributed by atoms with Gasteiger partial charge < -0.3 is 14.6 Å². The summed E-state index contributed by atoms with van der Waals surface area (Å²) >= 11 is 0. The SMILES string of the molecule is CCCCCCCCCCCCCCCCCCCCCCCCCCCCCCC(=O)OC(CO)COC(=O)CCCCCCCCCCCCCCCCCCCCC. The fourth-order valence-corrected chi connectivity index (χ4v) is 8.91. The zero-order valence-electron chi connectivity index (χ0n) is 41.7. The van der Waals surface area contributed by atoms with Gasteiger partial charge in [0, 0.05) is 12.8 Å². The number of carbonyl (C=O) groups is 2. The highest BCUT2D eigenvalue weighted by Gasteiger charge is 2.16. The fourth-order valence-electron chi connectivity index (χ4n) is 8.91. The molecule has 0 amide bonds. The highest BCUT2D eigenvalue weighted by atomic mass is 16.6. The van der Waals surface area contributed by atoms with Crippen LogP contribution in [0.4, 0.5) is 0 Å². The minimum absolute atomic E-state index is 0.0558. The van der Waals surface area contributed by atoms with Gasteiger partial charge in [-0.1, -0.05) is 303 Å². The van der Waals surface area contributed by atoms with Gasteiger partial charge in [0.1, 0.15) is 6.61 Å². The Morgan fingerprint density at radius 2 is 0.508 bits per heavy atom. The predicted molar refractivity (Wildman–Crippen MR) is 266 cm³/mol. The molecule has 0 aromatic rings. The van der Waals surface area contributed by atoms with Gasteiger partial charge in [-0.2, -0.15) is 0 Å². The molecule has 0 aliphatic rings. The third-order valence-corrected chi connectivity index (χ3v) is 13.2. The molecule has 61 heavy (non-hydrogen) atoms. The van der Waals surface area contributed by atoms with E-state index in [-0.39, 0.29) is 25.2 Å². The van der Waals surface area contributed by atoms with Crippen molar-refractivity contribution in [2.24, 2.45) is 0 Å². The van der Waals surface area contributed by atoms with Gasteiger partial charge in [-0.15, -0.1) is 0 Å². The number of aliphatic hydroxyl groups excluding tert-OH is 1. The molecule has 0 spiro atoms. The first kappa shape index (κ1) is 59.9. The van der Waals surface area contributed by atoms with Crippen molar-refractivity contribution in [3.8, 4) is 0 Å². The van der Waals surface area contributed by atoms with Crippen LogP contribution in [0.3, 0.4) is 0 Å². The van der Waals surface area contributed by atoms with Crippen LogP contribution < -0.4 is 0 Å². The number of hydrogen-bond donors (Lipinski definition) is 1. The molecule has 0 aromatic carbocycles. The lowest BCUT2D eigenvalue weighted by molar-refractivity contribution is -0.161. The molecule has 1 unspecified atom stereocenters. The minimum atomic E-state index is -0.764. The van der Waals surface area contributed by atoms with E-state index in [2.05, 4.69) is 13.8 Å². The molecule has 0 saturated carbocycles. The Labute approximate surface area is 382 Å². The van der Waals surface area contributed by atoms with Crippen LogP contribution >= 0.6 is 0 Å². The Kier molecular flexibility index (Phi) is 52.3. The molecule has 0 rings (SSSR count). The van der Waals surface area contributed by atoms with Crippen LogP contribution in [-0.4, -0.2) is 36.4 Å². The molecule has 1 atom stereocenters. The first-order valence-electron chi connectivity index (χ1n) is 28.1. The van der Waals surface area contributed by atoms with Crippen molar-refractivity contribution in [3.63, 3.8) is 0 Å². The van der Waals surface area contributed by atoms with Crippen LogP contribution in [0, 0.1) is 0 Å². The van der Waals surface area contributed by atoms with Crippen molar-refractivity contribution < 1.29 is 24.2 Å². The highest BCUT2D eigenvalue weighted by Crippen LogP contribution is 2.18. The van der Waals surface area contributed by atoms with E-state index in [0.717, 1.165) is 32.1 Å². The molecule has 0 aliphatic carbocycles. The van der Waals surface area contributed by atoms with Crippen LogP contribution in [-0.2, 0) is 19.1 Å². The van der Waals surface area contributed by atoms with Gasteiger partial charge in [0.05, 0.1) is 6.61 Å². The molecule has 5 heteroatoms. The van der Waals surface area contributed by atoms with Gasteiger partial charge >= 0.3 is 11.9 Å². The maximum Gasteiger partial charge on any atom is 0.306 e. The predicted octanol–water partition coefficient (Wildman–Crippen LogP) is 18.6. The molecule has 0 fully saturated rings. The van der Waals surface area contributed by atoms with Crippen molar-refractivity contribution in [1.82, 2.24) is 0 Å². The second-order valence-corrected chi connectivity index (χ2v) is 19.4. The number of aliphatic hydroxyl groups is 1. The van der Waals surface area contributed by atoms with Crippen molar-refractivity contribution >= 4 is 11.9 Å². The molecular weight excluding hydrogens is 753 g/mol. The zero-order valence-corrected chi connectivity index (χ0v) is 41.7. The van der Waals surface area contributed by atoms with Crippen molar-refractivity contribution in [2.75, 3.05) is 13.2 Å². The van der Waals surface area contributed by atoms with E-state index < -0.39 is 6.10 Å². The van der Waals surface area contributed by atoms with Gasteiger partial charge in [0.2, 0.25) is 0 Å². The Balaban J connectivity index is 3.39. The normalized spacial score (nSPS) is 12.0. The summed E-state index contributed by atoms with van der Waals surface area (Å²) in [5.74, 6) is -0.564. The van der Waals surface area contributed by atoms with E-state index >= 15 is 0 Å². The summed E-state index contributed by atoms with van der Waals surface area (Å²) in [4.78, 5) is 24.5. The Hall–Kier alpha value is -1.10. The molecule has 0 bridgehead atoms. The second kappa shape index (κ2) is 53.2. The van der Waals surface area contributed by atoms with Crippen LogP contribution in [0.5, 0.6) is 0 Å². The topological polar surface area (TPSA) is 72.8 Å². The molecular formula is C56H110O5. The van der Waals surface area contributed by atoms with Crippen LogP contribution in [0.1, 0.15) is 328 Å². The molecule has 0 aromatic heterocycles. The number of rotatable bonds is 53. The second-order valence-electron chi connectivity index (χ2n) is 19.4. The molecule has 5 nitrogen and oxygen atoms in total. The summed E-state index contributed by atoms with van der Waals surface area (Å²) in [7, 11) is 0. The standard InChI is InChI=1S/C56H110O5/c1-3-5-7-9-11-13-15-17-19-21-23-24-25-26-27-28-29-30-31-33-35-37-39-41-43-45-47-49-51-56(59)61-54(52-57)53-60-55(58)50-48-46-44-42-40-38-36-34-32-22-20-18-16-14-12-10-8-6-4-2/h54,57H,3-53H2,1-2H3. The van der Waals surface area contributed by atoms with E-state index in [1.165, 1.54) is 270 Å². The van der Waals surface area contributed by atoms with E-state index in [4.69, 9.17) is 9.47 Å². The number of ether oxygens (including phenoxy) is 2. The third kappa shape index (κ3) is 51.4. The summed E-state index contributed by atoms with van der Waals surface area (Å²) in [5.41, 5.74) is 0. The van der Waals surface area contributed by atoms with E-state index in [1.54, 1.807) is 0 Å². The molecule has 1 N–H and O–H groups in total. The molecule has 0 heterocycles. The van der Waals surface area contributed by atoms with Gasteiger partial charge in [-0.3, -0.25) is 9.59 Å². The van der Waals surface area contributed by atoms with Crippen LogP contribution in [0.2, 0.25) is 0 Å². The minimum Gasteiger partial charge on any atom is -0.462 e. The number of unbranched alkanes of at least 4 members (excludes halogenated alkanes) is 45. The quantitative estimate of drug-likeness (QED) is 0.0487. The van der Waals surface area contributed by atoms with Gasteiger partial charge in [0.25, 0.3) is 0 Å². The lowest BCUT2D eigenvalue weighted by atomic mass is 10.0. The summed E-state index contributed by atoms with van der Waals surface area (Å²) in [6.07, 6.45) is 63.7. The lowest BCUT2D eigenvalue weighted by Gasteiger charge is -2.15. The lowest BCUT2D eigenvalue weighted by Crippen LogP contribution is -2.28. The Bertz CT molecular complexity index is 845. The maximum absolute atomic E-state index is 12.3. The number of carbonyl (C=O) groups excluding carboxylic acids is 2. The Morgan fingerprint density at radius 1 is 0.311 bits per heavy atom. The molecule has 0 aliphatic heterocycles. The van der Waals surface area contributed by atoms with Crippen LogP contribution in [0.15, 0.2) is 0 Å². The highest BCUT2D eigenvalue weighted by molar-refractivity contribution is 5.70. The largest absolute Gasteiger partial charge is 0.462 e. The van der Waals surface area contributed by atoms with Crippen molar-refractivity contribution in [3.05, 3.63) is 0 Å². The molecule has 364 valence electrons. The Morgan fingerprint density at radius 3 is 0.721 bits per heavy atom. The molecule has 0 saturated heterocycles. The van der Waals surface area contributed by atoms with Gasteiger partial charge in [0.15, 0.2) is 6.10 Å². The van der Waals surface area contributed by atoms with Crippen molar-refractivity contribution in [1.29, 1.82) is 0 Å². The van der Waals surface area contributed by atoms with Crippen molar-refractivity contribution in [2.45, 2.75) is 335 Å². The summed E-state index contributed by atoms with van der Waals surface area (Å²) in [6, 6.07) is 0. The fraction of sp³-hybridized carbons (Fsp3) is 0.964. The summed E-state index contributed by atoms with van der Waals surface area (Å²) < 4.78 is 10.7. The first-order valence-corrected chi connectivity index (χ1v) is 28.1. The first-order chi connectivity index (χ1) is 30.1. The zero-order chi connectivity index (χ0) is 44.2. The van der Waals surface area contributed by atoms with Gasteiger partial charge in [-0.05, 0) is 12.8 Å². The van der Waals surface area contributed by atoms with E-state index in [0.29, 0.717) is 12.8 Å². The number of hydrogen-bond acceptors (Lipinski definition) is 5. The van der Waals surface area contributed by atoms with E-state index in [9.17, 15) is 14.7 Å². The summed E-state index contributed by atoms with van der Waals surface area (Å²) in [6.45, 7) is 4.21. The average molecular weight is 863 g/mol. The maximum atomic E-state index is 12.3. The van der Waals surface area contributed by atoms with Gasteiger partial charge in [-0.25, -0.2) is 0 Å². The smallest absolute Gasteiger partial charge is 0.306 e. The molecule has 0 radical (unpaired) electrons. The summed E-state index contributed by atoms with van der Waals surface area (Å²) in [5, 5.41) is 9.64. The third-order valence-electron chi connectivity index (χ3n) is 13.2. The average Bonchev–Trinajstić information content (AvgIpc) is 3.26. The monoisotopic (exact) mass is 863 g/mol.